The molecule has 0 aliphatic rings. The second-order valence-electron chi connectivity index (χ2n) is 5.75. The molecule has 0 aliphatic carbocycles. The number of carbonyl (C=O) groups is 2. The van der Waals surface area contributed by atoms with Crippen molar-refractivity contribution in [3.05, 3.63) is 95.1 Å². The lowest BCUT2D eigenvalue weighted by Gasteiger charge is -2.08. The Morgan fingerprint density at radius 2 is 1.46 bits per heavy atom. The van der Waals surface area contributed by atoms with E-state index < -0.39 is 35.0 Å². The molecule has 28 heavy (non-hydrogen) atoms. The molecule has 2 N–H and O–H groups in total. The quantitative estimate of drug-likeness (QED) is 0.658. The third kappa shape index (κ3) is 4.35. The Bertz CT molecular complexity index is 1030. The Morgan fingerprint density at radius 1 is 0.786 bits per heavy atom. The predicted molar refractivity (Wildman–Crippen MR) is 96.1 cm³/mol. The lowest BCUT2D eigenvalue weighted by atomic mass is 10.2. The van der Waals surface area contributed by atoms with E-state index in [0.29, 0.717) is 6.07 Å². The molecule has 2 aromatic carbocycles. The highest BCUT2D eigenvalue weighted by molar-refractivity contribution is 6.03. The van der Waals surface area contributed by atoms with Gasteiger partial charge in [-0.25, -0.2) is 18.2 Å². The number of nitrogens with zero attached hydrogens (tertiary/aromatic N) is 1. The molecule has 1 heterocycles. The summed E-state index contributed by atoms with van der Waals surface area (Å²) in [4.78, 5) is 28.4. The number of aromatic nitrogens is 1. The van der Waals surface area contributed by atoms with Crippen molar-refractivity contribution >= 4 is 17.5 Å². The van der Waals surface area contributed by atoms with Gasteiger partial charge in [-0.15, -0.1) is 0 Å². The standard InChI is InChI=1S/C20H14F3N3O2/c21-13-9-10-14(18(23)17(13)22)26-20(28)16-8-4-7-15(25-16)19(27)24-11-12-5-2-1-3-6-12/h1-10H,11H2,(H,24,27)(H,26,28). The van der Waals surface area contributed by atoms with Crippen LogP contribution in [0.3, 0.4) is 0 Å². The number of carbonyl (C=O) groups excluding carboxylic acids is 2. The molecule has 142 valence electrons. The van der Waals surface area contributed by atoms with Crippen molar-refractivity contribution in [1.82, 2.24) is 10.3 Å². The van der Waals surface area contributed by atoms with E-state index in [-0.39, 0.29) is 17.9 Å². The SMILES string of the molecule is O=C(NCc1ccccc1)c1cccc(C(=O)Nc2ccc(F)c(F)c2F)n1. The summed E-state index contributed by atoms with van der Waals surface area (Å²) in [5, 5.41) is 4.77. The Balaban J connectivity index is 1.71. The van der Waals surface area contributed by atoms with Crippen molar-refractivity contribution in [3.63, 3.8) is 0 Å². The first kappa shape index (κ1) is 19.1. The van der Waals surface area contributed by atoms with Gasteiger partial charge in [0.05, 0.1) is 5.69 Å². The van der Waals surface area contributed by atoms with Crippen molar-refractivity contribution in [1.29, 1.82) is 0 Å². The van der Waals surface area contributed by atoms with Crippen molar-refractivity contribution < 1.29 is 22.8 Å². The summed E-state index contributed by atoms with van der Waals surface area (Å²) in [6.45, 7) is 0.276. The Labute approximate surface area is 158 Å². The van der Waals surface area contributed by atoms with Gasteiger partial charge in [0, 0.05) is 6.54 Å². The molecule has 3 rings (SSSR count). The van der Waals surface area contributed by atoms with Crippen LogP contribution in [-0.4, -0.2) is 16.8 Å². The van der Waals surface area contributed by atoms with E-state index in [1.165, 1.54) is 18.2 Å². The van der Waals surface area contributed by atoms with Crippen molar-refractivity contribution in [3.8, 4) is 0 Å². The molecular formula is C20H14F3N3O2. The van der Waals surface area contributed by atoms with Crippen LogP contribution in [0.25, 0.3) is 0 Å². The first-order valence-electron chi connectivity index (χ1n) is 8.19. The van der Waals surface area contributed by atoms with Crippen molar-refractivity contribution in [2.75, 3.05) is 5.32 Å². The number of benzene rings is 2. The van der Waals surface area contributed by atoms with E-state index in [1.807, 2.05) is 30.3 Å². The molecule has 0 aliphatic heterocycles. The molecule has 0 unspecified atom stereocenters. The normalized spacial score (nSPS) is 10.4. The van der Waals surface area contributed by atoms with E-state index in [0.717, 1.165) is 11.6 Å². The van der Waals surface area contributed by atoms with E-state index >= 15 is 0 Å². The van der Waals surface area contributed by atoms with Gasteiger partial charge in [-0.05, 0) is 29.8 Å². The van der Waals surface area contributed by atoms with Crippen molar-refractivity contribution in [2.45, 2.75) is 6.54 Å². The summed E-state index contributed by atoms with van der Waals surface area (Å²) in [5.41, 5.74) is 0.147. The van der Waals surface area contributed by atoms with Crippen LogP contribution in [0.1, 0.15) is 26.5 Å². The summed E-state index contributed by atoms with van der Waals surface area (Å²) in [7, 11) is 0. The molecule has 0 fully saturated rings. The summed E-state index contributed by atoms with van der Waals surface area (Å²) >= 11 is 0. The number of pyridine rings is 1. The van der Waals surface area contributed by atoms with E-state index in [4.69, 9.17) is 0 Å². The number of anilines is 1. The van der Waals surface area contributed by atoms with Crippen LogP contribution in [0.15, 0.2) is 60.7 Å². The fourth-order valence-corrected chi connectivity index (χ4v) is 2.37. The first-order chi connectivity index (χ1) is 13.5. The zero-order chi connectivity index (χ0) is 20.1. The Kier molecular flexibility index (Phi) is 5.69. The van der Waals surface area contributed by atoms with Gasteiger partial charge in [0.25, 0.3) is 11.8 Å². The minimum absolute atomic E-state index is 0.0191. The molecule has 0 radical (unpaired) electrons. The zero-order valence-corrected chi connectivity index (χ0v) is 14.4. The van der Waals surface area contributed by atoms with Crippen LogP contribution >= 0.6 is 0 Å². The second kappa shape index (κ2) is 8.34. The number of halogens is 3. The molecule has 3 aromatic rings. The molecular weight excluding hydrogens is 371 g/mol. The minimum atomic E-state index is -1.69. The molecule has 0 spiro atoms. The molecule has 1 aromatic heterocycles. The van der Waals surface area contributed by atoms with Gasteiger partial charge in [-0.2, -0.15) is 0 Å². The highest BCUT2D eigenvalue weighted by atomic mass is 19.2. The maximum Gasteiger partial charge on any atom is 0.274 e. The molecule has 8 heteroatoms. The van der Waals surface area contributed by atoms with Crippen LogP contribution < -0.4 is 10.6 Å². The maximum atomic E-state index is 13.7. The minimum Gasteiger partial charge on any atom is -0.347 e. The number of rotatable bonds is 5. The lowest BCUT2D eigenvalue weighted by Crippen LogP contribution is -2.25. The summed E-state index contributed by atoms with van der Waals surface area (Å²) < 4.78 is 39.9. The van der Waals surface area contributed by atoms with Crippen LogP contribution in [0.5, 0.6) is 0 Å². The highest BCUT2D eigenvalue weighted by Crippen LogP contribution is 2.20. The van der Waals surface area contributed by atoms with Gasteiger partial charge >= 0.3 is 0 Å². The number of nitrogens with one attached hydrogen (secondary N) is 2. The zero-order valence-electron chi connectivity index (χ0n) is 14.4. The fourth-order valence-electron chi connectivity index (χ4n) is 2.37. The first-order valence-corrected chi connectivity index (χ1v) is 8.19. The fraction of sp³-hybridized carbons (Fsp3) is 0.0500. The lowest BCUT2D eigenvalue weighted by molar-refractivity contribution is 0.0945. The van der Waals surface area contributed by atoms with Crippen LogP contribution in [0.2, 0.25) is 0 Å². The highest BCUT2D eigenvalue weighted by Gasteiger charge is 2.17. The van der Waals surface area contributed by atoms with Crippen LogP contribution in [-0.2, 0) is 6.54 Å². The van der Waals surface area contributed by atoms with E-state index in [9.17, 15) is 22.8 Å². The number of amides is 2. The third-order valence-electron chi connectivity index (χ3n) is 3.79. The molecule has 0 saturated heterocycles. The average Bonchev–Trinajstić information content (AvgIpc) is 2.73. The van der Waals surface area contributed by atoms with E-state index in [1.54, 1.807) is 0 Å². The summed E-state index contributed by atoms with van der Waals surface area (Å²) in [5.74, 6) is -5.96. The van der Waals surface area contributed by atoms with Crippen LogP contribution in [0, 0.1) is 17.5 Å². The maximum absolute atomic E-state index is 13.7. The van der Waals surface area contributed by atoms with Crippen molar-refractivity contribution in [2.24, 2.45) is 0 Å². The average molecular weight is 385 g/mol. The molecule has 0 saturated carbocycles. The number of hydrogen-bond donors (Lipinski definition) is 2. The van der Waals surface area contributed by atoms with Gasteiger partial charge in [0.2, 0.25) is 0 Å². The van der Waals surface area contributed by atoms with Gasteiger partial charge in [0.1, 0.15) is 11.4 Å². The summed E-state index contributed by atoms with van der Waals surface area (Å²) in [6.07, 6.45) is 0. The van der Waals surface area contributed by atoms with Gasteiger partial charge < -0.3 is 10.6 Å². The molecule has 5 nitrogen and oxygen atoms in total. The molecule has 0 bridgehead atoms. The largest absolute Gasteiger partial charge is 0.347 e. The Hall–Kier alpha value is -3.68. The van der Waals surface area contributed by atoms with Crippen LogP contribution in [0.4, 0.5) is 18.9 Å². The van der Waals surface area contributed by atoms with Gasteiger partial charge in [0.15, 0.2) is 17.5 Å². The third-order valence-corrected chi connectivity index (χ3v) is 3.79. The van der Waals surface area contributed by atoms with Gasteiger partial charge in [-0.3, -0.25) is 9.59 Å². The number of hydrogen-bond acceptors (Lipinski definition) is 3. The second-order valence-corrected chi connectivity index (χ2v) is 5.75. The predicted octanol–water partition coefficient (Wildman–Crippen LogP) is 3.68. The van der Waals surface area contributed by atoms with E-state index in [2.05, 4.69) is 15.6 Å². The topological polar surface area (TPSA) is 71.1 Å². The molecule has 2 amide bonds. The molecule has 0 atom stereocenters. The summed E-state index contributed by atoms with van der Waals surface area (Å²) in [6, 6.07) is 14.9. The monoisotopic (exact) mass is 385 g/mol. The van der Waals surface area contributed by atoms with Gasteiger partial charge in [-0.1, -0.05) is 36.4 Å². The Morgan fingerprint density at radius 3 is 2.18 bits per heavy atom. The smallest absolute Gasteiger partial charge is 0.274 e.